The Morgan fingerprint density at radius 1 is 0.833 bits per heavy atom. The minimum atomic E-state index is -1.69. The maximum Gasteiger partial charge on any atom is 0.248 e. The van der Waals surface area contributed by atoms with Crippen LogP contribution in [0, 0.1) is 23.0 Å². The zero-order chi connectivity index (χ0) is 29.0. The number of anilines is 2. The van der Waals surface area contributed by atoms with Gasteiger partial charge in [0, 0.05) is 47.0 Å². The number of aromatic nitrogens is 1. The summed E-state index contributed by atoms with van der Waals surface area (Å²) in [7, 11) is 0. The first-order chi connectivity index (χ1) is 20.4. The van der Waals surface area contributed by atoms with Gasteiger partial charge in [0.25, 0.3) is 0 Å². The quantitative estimate of drug-likeness (QED) is 0.288. The Balaban J connectivity index is 1.55. The zero-order valence-corrected chi connectivity index (χ0v) is 22.4. The molecule has 2 aliphatic heterocycles. The highest BCUT2D eigenvalue weighted by molar-refractivity contribution is 6.22. The molecule has 0 bridgehead atoms. The van der Waals surface area contributed by atoms with Gasteiger partial charge < -0.3 is 9.47 Å². The Morgan fingerprint density at radius 2 is 1.50 bits per heavy atom. The smallest absolute Gasteiger partial charge is 0.248 e. The summed E-state index contributed by atoms with van der Waals surface area (Å²) in [6.07, 6.45) is 4.87. The molecule has 0 radical (unpaired) electrons. The van der Waals surface area contributed by atoms with E-state index in [1.807, 2.05) is 35.2 Å². The van der Waals surface area contributed by atoms with Crippen molar-refractivity contribution in [2.45, 2.75) is 31.2 Å². The fraction of sp³-hybridized carbons (Fsp3) is 0.147. The molecule has 206 valence electrons. The number of hydrogen-bond acceptors (Lipinski definition) is 4. The van der Waals surface area contributed by atoms with Gasteiger partial charge in [0.1, 0.15) is 28.9 Å². The van der Waals surface area contributed by atoms with E-state index in [0.29, 0.717) is 46.9 Å². The van der Waals surface area contributed by atoms with Crippen molar-refractivity contribution in [2.24, 2.45) is 0 Å². The number of ketones is 1. The van der Waals surface area contributed by atoms with E-state index in [1.54, 1.807) is 52.2 Å². The van der Waals surface area contributed by atoms with Crippen LogP contribution in [-0.2, 0) is 21.5 Å². The van der Waals surface area contributed by atoms with Crippen molar-refractivity contribution in [3.63, 3.8) is 0 Å². The Bertz CT molecular complexity index is 1850. The van der Waals surface area contributed by atoms with E-state index in [-0.39, 0.29) is 35.7 Å². The number of carbonyl (C=O) groups is 2. The molecule has 42 heavy (non-hydrogen) atoms. The van der Waals surface area contributed by atoms with Crippen LogP contribution in [0.3, 0.4) is 0 Å². The Hall–Kier alpha value is -5.29. The van der Waals surface area contributed by atoms with Gasteiger partial charge in [0.15, 0.2) is 5.78 Å². The molecular weight excluding hydrogens is 534 g/mol. The minimum absolute atomic E-state index is 0.107. The highest BCUT2D eigenvalue weighted by Crippen LogP contribution is 2.58. The Morgan fingerprint density at radius 3 is 2.19 bits per heavy atom. The van der Waals surface area contributed by atoms with Crippen molar-refractivity contribution < 1.29 is 18.4 Å². The van der Waals surface area contributed by atoms with E-state index in [1.165, 1.54) is 24.3 Å². The van der Waals surface area contributed by atoms with E-state index in [0.717, 1.165) is 0 Å². The number of benzene rings is 3. The number of nitrogens with zero attached hydrogens (tertiary/aromatic N) is 4. The van der Waals surface area contributed by atoms with E-state index >= 15 is 0 Å². The van der Waals surface area contributed by atoms with E-state index in [4.69, 9.17) is 0 Å². The molecule has 1 atom stereocenters. The second kappa shape index (κ2) is 9.67. The predicted molar refractivity (Wildman–Crippen MR) is 154 cm³/mol. The summed E-state index contributed by atoms with van der Waals surface area (Å²) in [6, 6.07) is 25.1. The molecule has 1 aromatic heterocycles. The summed E-state index contributed by atoms with van der Waals surface area (Å²) >= 11 is 0. The van der Waals surface area contributed by atoms with Crippen molar-refractivity contribution in [3.8, 4) is 6.07 Å². The first-order valence-electron chi connectivity index (χ1n) is 13.7. The first-order valence-corrected chi connectivity index (χ1v) is 13.7. The van der Waals surface area contributed by atoms with Crippen LogP contribution in [0.4, 0.5) is 20.2 Å². The summed E-state index contributed by atoms with van der Waals surface area (Å²) in [6.45, 7) is 0.133. The van der Waals surface area contributed by atoms with Crippen molar-refractivity contribution in [2.75, 3.05) is 9.80 Å². The molecule has 0 N–H and O–H groups in total. The van der Waals surface area contributed by atoms with Crippen LogP contribution in [0.2, 0.25) is 0 Å². The van der Waals surface area contributed by atoms with Crippen LogP contribution in [0.5, 0.6) is 0 Å². The Labute approximate surface area is 241 Å². The van der Waals surface area contributed by atoms with Crippen LogP contribution >= 0.6 is 0 Å². The van der Waals surface area contributed by atoms with Crippen LogP contribution < -0.4 is 9.80 Å². The Kier molecular flexibility index (Phi) is 5.91. The maximum atomic E-state index is 15.0. The van der Waals surface area contributed by atoms with Crippen LogP contribution in [0.25, 0.3) is 5.82 Å². The molecule has 3 aromatic carbocycles. The first kappa shape index (κ1) is 25.7. The normalized spacial score (nSPS) is 19.8. The largest absolute Gasteiger partial charge is 0.309 e. The predicted octanol–water partition coefficient (Wildman–Crippen LogP) is 6.47. The average Bonchev–Trinajstić information content (AvgIpc) is 3.62. The van der Waals surface area contributed by atoms with Gasteiger partial charge in [0.2, 0.25) is 5.91 Å². The van der Waals surface area contributed by atoms with Crippen molar-refractivity contribution in [3.05, 3.63) is 137 Å². The number of nitriles is 1. The van der Waals surface area contributed by atoms with Crippen molar-refractivity contribution >= 4 is 28.9 Å². The van der Waals surface area contributed by atoms with Gasteiger partial charge in [-0.15, -0.1) is 0 Å². The number of halogens is 2. The van der Waals surface area contributed by atoms with Gasteiger partial charge in [-0.3, -0.25) is 14.5 Å². The van der Waals surface area contributed by atoms with Gasteiger partial charge in [0.05, 0.1) is 12.1 Å². The molecule has 8 heteroatoms. The van der Waals surface area contributed by atoms with Gasteiger partial charge in [-0.2, -0.15) is 5.26 Å². The zero-order valence-electron chi connectivity index (χ0n) is 22.4. The van der Waals surface area contributed by atoms with Crippen LogP contribution in [0.1, 0.15) is 30.4 Å². The van der Waals surface area contributed by atoms with Gasteiger partial charge >= 0.3 is 0 Å². The molecule has 0 saturated heterocycles. The number of hydrogen-bond donors (Lipinski definition) is 0. The molecule has 1 spiro atoms. The van der Waals surface area contributed by atoms with Gasteiger partial charge in [-0.05, 0) is 73.0 Å². The summed E-state index contributed by atoms with van der Waals surface area (Å²) in [5.41, 5.74) is 1.75. The molecular formula is C34H24F2N4O2. The summed E-state index contributed by atoms with van der Waals surface area (Å²) in [4.78, 5) is 32.4. The number of Topliss-reactive ketones (excluding diaryl/α,β-unsaturated/α-hetero) is 1. The lowest BCUT2D eigenvalue weighted by atomic mass is 9.63. The lowest BCUT2D eigenvalue weighted by Crippen LogP contribution is -2.51. The lowest BCUT2D eigenvalue weighted by Gasteiger charge is -2.45. The number of allylic oxidation sites excluding steroid dienone is 1. The topological polar surface area (TPSA) is 69.3 Å². The summed E-state index contributed by atoms with van der Waals surface area (Å²) < 4.78 is 29.5. The van der Waals surface area contributed by atoms with E-state index in [9.17, 15) is 23.6 Å². The third-order valence-electron chi connectivity index (χ3n) is 8.30. The fourth-order valence-corrected chi connectivity index (χ4v) is 6.60. The van der Waals surface area contributed by atoms with Crippen molar-refractivity contribution in [1.29, 1.82) is 5.26 Å². The van der Waals surface area contributed by atoms with Crippen LogP contribution in [0.15, 0.2) is 114 Å². The van der Waals surface area contributed by atoms with Crippen molar-refractivity contribution in [1.82, 2.24) is 4.57 Å². The number of amides is 1. The second-order valence-corrected chi connectivity index (χ2v) is 10.6. The van der Waals surface area contributed by atoms with E-state index < -0.39 is 17.1 Å². The number of fused-ring (bicyclic) bond motifs is 3. The van der Waals surface area contributed by atoms with Gasteiger partial charge in [-0.1, -0.05) is 30.3 Å². The number of para-hydroxylation sites is 1. The number of carbonyl (C=O) groups excluding carboxylic acids is 2. The molecule has 0 fully saturated rings. The second-order valence-electron chi connectivity index (χ2n) is 10.6. The third-order valence-corrected chi connectivity index (χ3v) is 8.30. The third kappa shape index (κ3) is 3.60. The number of rotatable bonds is 4. The molecule has 3 heterocycles. The van der Waals surface area contributed by atoms with Crippen LogP contribution in [-0.4, -0.2) is 16.3 Å². The van der Waals surface area contributed by atoms with Gasteiger partial charge in [-0.25, -0.2) is 8.78 Å². The molecule has 3 aliphatic rings. The summed E-state index contributed by atoms with van der Waals surface area (Å²) in [5, 5.41) is 11.0. The molecule has 1 amide bonds. The SMILES string of the molecule is N#CC1=C(n2cccc2)N(c2ccc(F)cc2)C2=C(C(=O)CCC2)C12C(=O)N(Cc1ccc(F)cc1)c1ccccc12. The lowest BCUT2D eigenvalue weighted by molar-refractivity contribution is -0.124. The summed E-state index contributed by atoms with van der Waals surface area (Å²) in [5.74, 6) is -0.991. The average molecular weight is 559 g/mol. The fourth-order valence-electron chi connectivity index (χ4n) is 6.60. The molecule has 7 rings (SSSR count). The molecule has 1 unspecified atom stereocenters. The monoisotopic (exact) mass is 558 g/mol. The highest BCUT2D eigenvalue weighted by Gasteiger charge is 2.62. The van der Waals surface area contributed by atoms with E-state index in [2.05, 4.69) is 6.07 Å². The molecule has 1 aliphatic carbocycles. The minimum Gasteiger partial charge on any atom is -0.309 e. The highest BCUT2D eigenvalue weighted by atomic mass is 19.1. The standard InChI is InChI=1S/C34H24F2N4O2/c35-23-12-10-22(11-13-23)21-39-28-7-2-1-6-26(28)34(33(39)42)27(20-37)32(38-18-3-4-19-38)40(25-16-14-24(36)15-17-25)29-8-5-9-30(41)31(29)34/h1-4,6-7,10-19H,5,8-9,21H2. The molecule has 0 saturated carbocycles. The maximum absolute atomic E-state index is 15.0. The molecule has 6 nitrogen and oxygen atoms in total. The molecule has 4 aromatic rings.